The molecule has 60 heavy (non-hydrogen) atoms. The molecule has 1 aliphatic heterocycles. The predicted molar refractivity (Wildman–Crippen MR) is 200 cm³/mol. The zero-order valence-electron chi connectivity index (χ0n) is 32.2. The van der Waals surface area contributed by atoms with Crippen LogP contribution in [-0.4, -0.2) is 114 Å². The van der Waals surface area contributed by atoms with Gasteiger partial charge >= 0.3 is 24.1 Å². The molecule has 22 heteroatoms. The molecule has 3 aromatic rings. The number of aromatic nitrogens is 1. The van der Waals surface area contributed by atoms with E-state index in [1.807, 2.05) is 5.43 Å². The number of carboxylic acid groups (broad SMARTS) is 3. The van der Waals surface area contributed by atoms with Crippen LogP contribution < -0.4 is 21.4 Å². The number of rotatable bonds is 20. The smallest absolute Gasteiger partial charge is 0.433 e. The van der Waals surface area contributed by atoms with Crippen LogP contribution in [0.5, 0.6) is 0 Å². The van der Waals surface area contributed by atoms with E-state index in [2.05, 4.69) is 20.9 Å². The van der Waals surface area contributed by atoms with Gasteiger partial charge in [-0.05, 0) is 41.7 Å². The van der Waals surface area contributed by atoms with Crippen molar-refractivity contribution in [1.82, 2.24) is 36.3 Å². The summed E-state index contributed by atoms with van der Waals surface area (Å²) >= 11 is 0. The lowest BCUT2D eigenvalue weighted by Crippen LogP contribution is -2.61. The molecule has 1 aliphatic rings. The molecule has 2 aromatic heterocycles. The maximum Gasteiger partial charge on any atom is 0.433 e. The van der Waals surface area contributed by atoms with Gasteiger partial charge in [0.25, 0.3) is 17.7 Å². The molecule has 0 radical (unpaired) electrons. The molecule has 0 aliphatic carbocycles. The van der Waals surface area contributed by atoms with Gasteiger partial charge < -0.3 is 50.1 Å². The molecule has 1 fully saturated rings. The summed E-state index contributed by atoms with van der Waals surface area (Å²) in [6.07, 6.45) is -4.01. The van der Waals surface area contributed by atoms with Gasteiger partial charge in [0.2, 0.25) is 11.8 Å². The molecule has 1 aromatic carbocycles. The first-order valence-electron chi connectivity index (χ1n) is 18.3. The standard InChI is InChI=1S/C38H43N7O15/c1-21(2)29(42-32(50)25(12-13-27(46)47)40-33(51)26(16-28(48)49)41-37(55)59-20-22-8-4-3-5-9-22)34(52)43-45(38(56)57)36(54)31-30(60-31)35(53)44(19-24-11-7-15-58-24)18-23-10-6-14-39-17-23/h3-11,14-15,17,21,25-26,29-31H,12-13,16,18-20H2,1-2H3,(H,40,51)(H,41,55)(H,42,50)(H,43,52)(H,46,47)(H,48,49)(H,56,57)/t25-,26-,29-,30?,31?/m0/s1. The molecule has 5 atom stereocenters. The number of hydrogen-bond donors (Lipinski definition) is 7. The minimum Gasteiger partial charge on any atom is -0.481 e. The summed E-state index contributed by atoms with van der Waals surface area (Å²) < 4.78 is 15.7. The van der Waals surface area contributed by atoms with Gasteiger partial charge in [-0.15, -0.1) is 5.01 Å². The third kappa shape index (κ3) is 13.6. The summed E-state index contributed by atoms with van der Waals surface area (Å²) in [6.45, 7) is 2.62. The SMILES string of the molecule is CC(C)[C@H](NC(=O)[C@H](CCC(=O)O)NC(=O)[C@H](CC(=O)O)NC(=O)OCc1ccccc1)C(=O)NN(C(=O)O)C(=O)C1OC1C(=O)N(Cc1cccnc1)Cc1ccco1. The van der Waals surface area contributed by atoms with Crippen molar-refractivity contribution in [2.24, 2.45) is 5.92 Å². The second kappa shape index (κ2) is 21.4. The molecule has 0 saturated carbocycles. The molecule has 0 bridgehead atoms. The lowest BCUT2D eigenvalue weighted by atomic mass is 10.0. The largest absolute Gasteiger partial charge is 0.481 e. The average Bonchev–Trinajstić information content (AvgIpc) is 3.84. The molecular weight excluding hydrogens is 794 g/mol. The van der Waals surface area contributed by atoms with E-state index in [1.54, 1.807) is 54.6 Å². The highest BCUT2D eigenvalue weighted by Crippen LogP contribution is 2.28. The van der Waals surface area contributed by atoms with Crippen LogP contribution in [-0.2, 0) is 62.7 Å². The topological polar surface area (TPSA) is 317 Å². The third-order valence-electron chi connectivity index (χ3n) is 8.67. The normalized spacial score (nSPS) is 15.6. The van der Waals surface area contributed by atoms with Crippen LogP contribution in [0.2, 0.25) is 0 Å². The summed E-state index contributed by atoms with van der Waals surface area (Å²) in [5.74, 6) is -9.00. The molecule has 0 spiro atoms. The maximum absolute atomic E-state index is 13.5. The van der Waals surface area contributed by atoms with E-state index in [1.165, 1.54) is 37.4 Å². The first-order valence-corrected chi connectivity index (χ1v) is 18.3. The Morgan fingerprint density at radius 1 is 0.767 bits per heavy atom. The van der Waals surface area contributed by atoms with E-state index < -0.39 is 109 Å². The summed E-state index contributed by atoms with van der Waals surface area (Å²) in [7, 11) is 0. The molecule has 2 unspecified atom stereocenters. The van der Waals surface area contributed by atoms with E-state index >= 15 is 0 Å². The molecule has 7 amide bonds. The Morgan fingerprint density at radius 3 is 2.05 bits per heavy atom. The van der Waals surface area contributed by atoms with Crippen molar-refractivity contribution in [1.29, 1.82) is 0 Å². The lowest BCUT2D eigenvalue weighted by Gasteiger charge is -2.27. The quantitative estimate of drug-likeness (QED) is 0.0610. The van der Waals surface area contributed by atoms with Gasteiger partial charge in [0, 0.05) is 25.4 Å². The zero-order chi connectivity index (χ0) is 43.9. The van der Waals surface area contributed by atoms with Crippen molar-refractivity contribution in [3.8, 4) is 0 Å². The Balaban J connectivity index is 1.42. The summed E-state index contributed by atoms with van der Waals surface area (Å²) in [4.78, 5) is 120. The number of furan rings is 1. The van der Waals surface area contributed by atoms with Gasteiger partial charge in [-0.3, -0.25) is 44.0 Å². The van der Waals surface area contributed by atoms with Gasteiger partial charge in [-0.25, -0.2) is 9.59 Å². The number of imide groups is 1. The number of carbonyl (C=O) groups excluding carboxylic acids is 6. The molecule has 22 nitrogen and oxygen atoms in total. The number of aliphatic carboxylic acids is 2. The number of amides is 7. The Morgan fingerprint density at radius 2 is 1.45 bits per heavy atom. The fourth-order valence-corrected chi connectivity index (χ4v) is 5.58. The summed E-state index contributed by atoms with van der Waals surface area (Å²) in [6, 6.07) is 9.80. The molecule has 7 N–H and O–H groups in total. The number of hydrogen-bond acceptors (Lipinski definition) is 13. The van der Waals surface area contributed by atoms with Gasteiger partial charge in [-0.1, -0.05) is 50.2 Å². The van der Waals surface area contributed by atoms with E-state index in [4.69, 9.17) is 13.9 Å². The van der Waals surface area contributed by atoms with Crippen molar-refractivity contribution in [3.63, 3.8) is 0 Å². The molecule has 1 saturated heterocycles. The number of pyridine rings is 1. The number of carboxylic acids is 2. The van der Waals surface area contributed by atoms with Gasteiger partial charge in [0.15, 0.2) is 12.2 Å². The summed E-state index contributed by atoms with van der Waals surface area (Å²) in [5.41, 5.74) is 3.11. The van der Waals surface area contributed by atoms with Crippen LogP contribution in [0, 0.1) is 5.92 Å². The monoisotopic (exact) mass is 837 g/mol. The van der Waals surface area contributed by atoms with Gasteiger partial charge in [0.05, 0.1) is 19.2 Å². The van der Waals surface area contributed by atoms with Crippen LogP contribution in [0.3, 0.4) is 0 Å². The minimum atomic E-state index is -1.97. The maximum atomic E-state index is 13.5. The van der Waals surface area contributed by atoms with Gasteiger partial charge in [-0.2, -0.15) is 0 Å². The highest BCUT2D eigenvalue weighted by Gasteiger charge is 2.55. The number of benzene rings is 1. The highest BCUT2D eigenvalue weighted by atomic mass is 16.6. The van der Waals surface area contributed by atoms with Crippen molar-refractivity contribution < 1.29 is 72.4 Å². The zero-order valence-corrected chi connectivity index (χ0v) is 32.2. The molecule has 320 valence electrons. The highest BCUT2D eigenvalue weighted by molar-refractivity contribution is 6.02. The summed E-state index contributed by atoms with van der Waals surface area (Å²) in [5, 5.41) is 35.1. The van der Waals surface area contributed by atoms with E-state index in [9.17, 15) is 58.5 Å². The number of carbonyl (C=O) groups is 9. The van der Waals surface area contributed by atoms with Crippen molar-refractivity contribution in [2.45, 2.75) is 83.1 Å². The van der Waals surface area contributed by atoms with Crippen molar-refractivity contribution in [3.05, 3.63) is 90.1 Å². The van der Waals surface area contributed by atoms with E-state index in [0.717, 1.165) is 0 Å². The molecular formula is C38H43N7O15. The first-order chi connectivity index (χ1) is 28.5. The fourth-order valence-electron chi connectivity index (χ4n) is 5.58. The molecule has 3 heterocycles. The average molecular weight is 838 g/mol. The third-order valence-corrected chi connectivity index (χ3v) is 8.67. The van der Waals surface area contributed by atoms with Crippen LogP contribution in [0.4, 0.5) is 9.59 Å². The van der Waals surface area contributed by atoms with Crippen LogP contribution in [0.15, 0.2) is 77.7 Å². The lowest BCUT2D eigenvalue weighted by molar-refractivity contribution is -0.142. The van der Waals surface area contributed by atoms with Crippen LogP contribution in [0.1, 0.15) is 50.0 Å². The van der Waals surface area contributed by atoms with E-state index in [-0.39, 0.29) is 24.7 Å². The second-order valence-electron chi connectivity index (χ2n) is 13.6. The Kier molecular flexibility index (Phi) is 16.2. The van der Waals surface area contributed by atoms with Gasteiger partial charge in [0.1, 0.15) is 30.5 Å². The number of epoxide rings is 1. The van der Waals surface area contributed by atoms with Crippen LogP contribution >= 0.6 is 0 Å². The molecule has 4 rings (SSSR count). The number of hydrazine groups is 1. The first kappa shape index (κ1) is 45.3. The minimum absolute atomic E-state index is 0.0230. The van der Waals surface area contributed by atoms with E-state index in [0.29, 0.717) is 16.9 Å². The second-order valence-corrected chi connectivity index (χ2v) is 13.6. The predicted octanol–water partition coefficient (Wildman–Crippen LogP) is 0.769. The van der Waals surface area contributed by atoms with Crippen LogP contribution in [0.25, 0.3) is 0 Å². The Bertz CT molecular complexity index is 2010. The Labute approximate surface area is 341 Å². The number of nitrogens with zero attached hydrogens (tertiary/aromatic N) is 3. The number of ether oxygens (including phenoxy) is 2. The number of alkyl carbamates (subject to hydrolysis) is 1. The number of nitrogens with one attached hydrogen (secondary N) is 4. The van der Waals surface area contributed by atoms with Crippen molar-refractivity contribution in [2.75, 3.05) is 0 Å². The fraction of sp³-hybridized carbons (Fsp3) is 0.368. The van der Waals surface area contributed by atoms with Crippen molar-refractivity contribution >= 4 is 53.7 Å². The Hall–Kier alpha value is -7.36.